The molecular weight excluding hydrogens is 281 g/mol. The van der Waals surface area contributed by atoms with Crippen molar-refractivity contribution in [2.45, 2.75) is 6.04 Å². The van der Waals surface area contributed by atoms with Crippen molar-refractivity contribution in [1.82, 2.24) is 0 Å². The van der Waals surface area contributed by atoms with Gasteiger partial charge in [-0.05, 0) is 29.8 Å². The van der Waals surface area contributed by atoms with Gasteiger partial charge in [0.15, 0.2) is 0 Å². The molecule has 2 aromatic rings. The summed E-state index contributed by atoms with van der Waals surface area (Å²) in [4.78, 5) is 0. The van der Waals surface area contributed by atoms with Crippen LogP contribution in [-0.4, -0.2) is 18.8 Å². The van der Waals surface area contributed by atoms with E-state index in [1.807, 2.05) is 24.3 Å². The van der Waals surface area contributed by atoms with Crippen LogP contribution in [0.2, 0.25) is 5.02 Å². The Kier molecular flexibility index (Phi) is 4.82. The number of methoxy groups -OCH3 is 1. The number of para-hydroxylation sites is 2. The van der Waals surface area contributed by atoms with Gasteiger partial charge in [-0.3, -0.25) is 0 Å². The average Bonchev–Trinajstić information content (AvgIpc) is 2.48. The number of aliphatic hydroxyl groups is 1. The number of rotatable bonds is 5. The van der Waals surface area contributed by atoms with Crippen LogP contribution in [0, 0.1) is 5.82 Å². The second-order valence-electron chi connectivity index (χ2n) is 4.25. The number of hydrogen-bond acceptors (Lipinski definition) is 3. The van der Waals surface area contributed by atoms with Crippen molar-refractivity contribution in [1.29, 1.82) is 0 Å². The first-order valence-corrected chi connectivity index (χ1v) is 6.49. The molecule has 0 spiro atoms. The van der Waals surface area contributed by atoms with Crippen LogP contribution in [0.25, 0.3) is 0 Å². The van der Waals surface area contributed by atoms with Gasteiger partial charge in [0.05, 0.1) is 30.5 Å². The standard InChI is InChI=1S/C15H15ClFNO2/c1-20-15-5-3-2-4-13(15)18-14(9-19)10-6-7-12(17)11(16)8-10/h2-8,14,18-19H,9H2,1H3. The van der Waals surface area contributed by atoms with Gasteiger partial charge in [0.25, 0.3) is 0 Å². The maximum atomic E-state index is 13.2. The molecule has 0 aliphatic heterocycles. The normalized spacial score (nSPS) is 12.0. The molecule has 0 amide bonds. The maximum absolute atomic E-state index is 13.2. The molecule has 5 heteroatoms. The quantitative estimate of drug-likeness (QED) is 0.885. The Bertz CT molecular complexity index is 592. The van der Waals surface area contributed by atoms with E-state index in [4.69, 9.17) is 16.3 Å². The first-order valence-electron chi connectivity index (χ1n) is 6.11. The highest BCUT2D eigenvalue weighted by Gasteiger charge is 2.14. The molecule has 2 N–H and O–H groups in total. The van der Waals surface area contributed by atoms with Crippen molar-refractivity contribution in [2.75, 3.05) is 19.0 Å². The molecule has 106 valence electrons. The SMILES string of the molecule is COc1ccccc1NC(CO)c1ccc(F)c(Cl)c1. The lowest BCUT2D eigenvalue weighted by atomic mass is 10.1. The van der Waals surface area contributed by atoms with Crippen molar-refractivity contribution >= 4 is 17.3 Å². The summed E-state index contributed by atoms with van der Waals surface area (Å²) in [6.45, 7) is -0.153. The molecule has 0 heterocycles. The summed E-state index contributed by atoms with van der Waals surface area (Å²) >= 11 is 5.77. The minimum Gasteiger partial charge on any atom is -0.495 e. The van der Waals surface area contributed by atoms with Gasteiger partial charge in [0.2, 0.25) is 0 Å². The van der Waals surface area contributed by atoms with Crippen LogP contribution in [0.1, 0.15) is 11.6 Å². The predicted octanol–water partition coefficient (Wildman–Crippen LogP) is 3.63. The lowest BCUT2D eigenvalue weighted by Crippen LogP contribution is -2.15. The van der Waals surface area contributed by atoms with E-state index in [9.17, 15) is 9.50 Å². The van der Waals surface area contributed by atoms with Gasteiger partial charge in [-0.1, -0.05) is 29.8 Å². The Hall–Kier alpha value is -1.78. The van der Waals surface area contributed by atoms with Crippen molar-refractivity contribution in [2.24, 2.45) is 0 Å². The van der Waals surface area contributed by atoms with E-state index in [1.54, 1.807) is 13.2 Å². The summed E-state index contributed by atoms with van der Waals surface area (Å²) in [6.07, 6.45) is 0. The molecule has 0 bridgehead atoms. The van der Waals surface area contributed by atoms with Crippen molar-refractivity contribution in [3.05, 3.63) is 58.9 Å². The summed E-state index contributed by atoms with van der Waals surface area (Å²) in [5.74, 6) is 0.184. The third-order valence-electron chi connectivity index (χ3n) is 2.97. The fourth-order valence-corrected chi connectivity index (χ4v) is 2.10. The van der Waals surface area contributed by atoms with E-state index in [0.29, 0.717) is 11.3 Å². The van der Waals surface area contributed by atoms with E-state index < -0.39 is 11.9 Å². The average molecular weight is 296 g/mol. The zero-order valence-electron chi connectivity index (χ0n) is 10.9. The molecule has 0 fully saturated rings. The fraction of sp³-hybridized carbons (Fsp3) is 0.200. The number of halogens is 2. The van der Waals surface area contributed by atoms with Crippen molar-refractivity contribution in [3.8, 4) is 5.75 Å². The molecule has 0 saturated heterocycles. The van der Waals surface area contributed by atoms with Gasteiger partial charge in [-0.2, -0.15) is 0 Å². The van der Waals surface area contributed by atoms with Gasteiger partial charge in [0, 0.05) is 0 Å². The van der Waals surface area contributed by atoms with Crippen LogP contribution < -0.4 is 10.1 Å². The molecule has 0 aromatic heterocycles. The summed E-state index contributed by atoms with van der Waals surface area (Å²) < 4.78 is 18.4. The van der Waals surface area contributed by atoms with Crippen LogP contribution in [0.5, 0.6) is 5.75 Å². The van der Waals surface area contributed by atoms with E-state index in [2.05, 4.69) is 5.32 Å². The summed E-state index contributed by atoms with van der Waals surface area (Å²) in [7, 11) is 1.57. The molecule has 0 aliphatic rings. The third kappa shape index (κ3) is 3.21. The predicted molar refractivity (Wildman–Crippen MR) is 77.9 cm³/mol. The Morgan fingerprint density at radius 2 is 2.05 bits per heavy atom. The van der Waals surface area contributed by atoms with Crippen LogP contribution in [-0.2, 0) is 0 Å². The first kappa shape index (κ1) is 14.6. The topological polar surface area (TPSA) is 41.5 Å². The lowest BCUT2D eigenvalue weighted by molar-refractivity contribution is 0.276. The molecule has 1 atom stereocenters. The highest BCUT2D eigenvalue weighted by atomic mass is 35.5. The van der Waals surface area contributed by atoms with Crippen LogP contribution in [0.3, 0.4) is 0 Å². The van der Waals surface area contributed by atoms with Crippen molar-refractivity contribution < 1.29 is 14.2 Å². The molecule has 2 aromatic carbocycles. The largest absolute Gasteiger partial charge is 0.495 e. The van der Waals surface area contributed by atoms with E-state index in [0.717, 1.165) is 5.69 Å². The smallest absolute Gasteiger partial charge is 0.141 e. The Labute approximate surface area is 122 Å². The van der Waals surface area contributed by atoms with E-state index in [1.165, 1.54) is 12.1 Å². The third-order valence-corrected chi connectivity index (χ3v) is 3.25. The number of aliphatic hydroxyl groups excluding tert-OH is 1. The molecule has 2 rings (SSSR count). The Balaban J connectivity index is 2.26. The van der Waals surface area contributed by atoms with E-state index >= 15 is 0 Å². The summed E-state index contributed by atoms with van der Waals surface area (Å²) in [5.41, 5.74) is 1.44. The molecule has 3 nitrogen and oxygen atoms in total. The van der Waals surface area contributed by atoms with Gasteiger partial charge >= 0.3 is 0 Å². The first-order chi connectivity index (χ1) is 9.65. The van der Waals surface area contributed by atoms with E-state index in [-0.39, 0.29) is 11.6 Å². The number of anilines is 1. The molecule has 0 aliphatic carbocycles. The highest BCUT2D eigenvalue weighted by molar-refractivity contribution is 6.30. The number of hydrogen-bond donors (Lipinski definition) is 2. The number of nitrogens with one attached hydrogen (secondary N) is 1. The lowest BCUT2D eigenvalue weighted by Gasteiger charge is -2.20. The highest BCUT2D eigenvalue weighted by Crippen LogP contribution is 2.29. The van der Waals surface area contributed by atoms with Gasteiger partial charge < -0.3 is 15.2 Å². The zero-order chi connectivity index (χ0) is 14.5. The molecular formula is C15H15ClFNO2. The summed E-state index contributed by atoms with van der Waals surface area (Å²) in [5, 5.41) is 12.7. The summed E-state index contributed by atoms with van der Waals surface area (Å²) in [6, 6.07) is 11.3. The zero-order valence-corrected chi connectivity index (χ0v) is 11.7. The van der Waals surface area contributed by atoms with Crippen LogP contribution >= 0.6 is 11.6 Å². The molecule has 20 heavy (non-hydrogen) atoms. The molecule has 0 saturated carbocycles. The Morgan fingerprint density at radius 1 is 1.30 bits per heavy atom. The minimum absolute atomic E-state index is 0.0303. The molecule has 1 unspecified atom stereocenters. The monoisotopic (exact) mass is 295 g/mol. The van der Waals surface area contributed by atoms with Gasteiger partial charge in [-0.15, -0.1) is 0 Å². The number of benzene rings is 2. The fourth-order valence-electron chi connectivity index (χ4n) is 1.92. The van der Waals surface area contributed by atoms with Gasteiger partial charge in [-0.25, -0.2) is 4.39 Å². The second-order valence-corrected chi connectivity index (χ2v) is 4.66. The Morgan fingerprint density at radius 3 is 2.70 bits per heavy atom. The second kappa shape index (κ2) is 6.59. The van der Waals surface area contributed by atoms with Gasteiger partial charge in [0.1, 0.15) is 11.6 Å². The minimum atomic E-state index is -0.482. The van der Waals surface area contributed by atoms with Crippen LogP contribution in [0.4, 0.5) is 10.1 Å². The van der Waals surface area contributed by atoms with Crippen LogP contribution in [0.15, 0.2) is 42.5 Å². The molecule has 0 radical (unpaired) electrons. The van der Waals surface area contributed by atoms with Crippen molar-refractivity contribution in [3.63, 3.8) is 0 Å². The maximum Gasteiger partial charge on any atom is 0.141 e. The number of ether oxygens (including phenoxy) is 1.